The second-order valence-corrected chi connectivity index (χ2v) is 8.07. The maximum absolute atomic E-state index is 13.2. The molecule has 0 saturated heterocycles. The number of carbonyl (C=O) groups excluding carboxylic acids is 3. The highest BCUT2D eigenvalue weighted by molar-refractivity contribution is 6.01. The van der Waals surface area contributed by atoms with E-state index in [-0.39, 0.29) is 34.9 Å². The number of aliphatic carboxylic acids is 1. The molecule has 10 nitrogen and oxygen atoms in total. The average molecular weight is 481 g/mol. The van der Waals surface area contributed by atoms with Gasteiger partial charge in [-0.3, -0.25) is 19.2 Å². The molecule has 0 fully saturated rings. The largest absolute Gasteiger partial charge is 0.481 e. The van der Waals surface area contributed by atoms with E-state index in [0.29, 0.717) is 6.07 Å². The number of hydrogen-bond donors (Lipinski definition) is 4. The number of nitrogens with one attached hydrogen (secondary N) is 3. The Kier molecular flexibility index (Phi) is 8.82. The van der Waals surface area contributed by atoms with E-state index < -0.39 is 53.9 Å². The van der Waals surface area contributed by atoms with Crippen molar-refractivity contribution in [2.45, 2.75) is 52.1 Å². The molecule has 0 aliphatic carbocycles. The van der Waals surface area contributed by atoms with E-state index in [1.165, 1.54) is 19.1 Å². The molecule has 0 aliphatic rings. The highest BCUT2D eigenvalue weighted by Crippen LogP contribution is 2.28. The Bertz CT molecular complexity index is 1150. The van der Waals surface area contributed by atoms with E-state index in [2.05, 4.69) is 16.0 Å². The fourth-order valence-electron chi connectivity index (χ4n) is 3.09. The number of amides is 3. The van der Waals surface area contributed by atoms with Crippen LogP contribution in [-0.2, 0) is 19.2 Å². The van der Waals surface area contributed by atoms with Gasteiger partial charge >= 0.3 is 11.6 Å². The lowest BCUT2D eigenvalue weighted by Gasteiger charge is -2.20. The topological polar surface area (TPSA) is 155 Å². The van der Waals surface area contributed by atoms with Gasteiger partial charge in [0.2, 0.25) is 17.7 Å². The minimum atomic E-state index is -2.93. The molecule has 1 aromatic carbocycles. The van der Waals surface area contributed by atoms with Crippen LogP contribution in [0.25, 0.3) is 11.0 Å². The molecule has 184 valence electrons. The van der Waals surface area contributed by atoms with Crippen LogP contribution >= 0.6 is 0 Å². The van der Waals surface area contributed by atoms with Gasteiger partial charge in [-0.2, -0.15) is 0 Å². The molecule has 1 aromatic heterocycles. The summed E-state index contributed by atoms with van der Waals surface area (Å²) in [5, 5.41) is 16.2. The van der Waals surface area contributed by atoms with Crippen LogP contribution in [-0.4, -0.2) is 40.9 Å². The van der Waals surface area contributed by atoms with E-state index in [0.717, 1.165) is 6.07 Å². The van der Waals surface area contributed by atoms with Crippen molar-refractivity contribution in [2.75, 3.05) is 5.32 Å². The summed E-state index contributed by atoms with van der Waals surface area (Å²) in [4.78, 5) is 59.7. The molecule has 3 amide bonds. The molecule has 2 unspecified atom stereocenters. The molecule has 1 heterocycles. The summed E-state index contributed by atoms with van der Waals surface area (Å²) in [5.41, 5.74) is -1.72. The molecular formula is C22H25F2N3O7. The van der Waals surface area contributed by atoms with Crippen molar-refractivity contribution in [1.29, 1.82) is 0 Å². The lowest BCUT2D eigenvalue weighted by molar-refractivity contribution is -0.140. The van der Waals surface area contributed by atoms with Gasteiger partial charge in [-0.1, -0.05) is 13.8 Å². The summed E-state index contributed by atoms with van der Waals surface area (Å²) in [6.45, 7) is 5.03. The normalized spacial score (nSPS) is 12.9. The molecule has 0 bridgehead atoms. The van der Waals surface area contributed by atoms with Crippen LogP contribution in [0.3, 0.4) is 0 Å². The molecule has 0 radical (unpaired) electrons. The summed E-state index contributed by atoms with van der Waals surface area (Å²) in [7, 11) is 0. The van der Waals surface area contributed by atoms with Crippen LogP contribution in [0.5, 0.6) is 0 Å². The van der Waals surface area contributed by atoms with Gasteiger partial charge in [0.1, 0.15) is 17.7 Å². The van der Waals surface area contributed by atoms with Gasteiger partial charge in [0.05, 0.1) is 6.42 Å². The molecule has 12 heteroatoms. The molecular weight excluding hydrogens is 456 g/mol. The molecule has 0 saturated carbocycles. The van der Waals surface area contributed by atoms with E-state index in [9.17, 15) is 32.8 Å². The van der Waals surface area contributed by atoms with Crippen molar-refractivity contribution in [1.82, 2.24) is 10.6 Å². The summed E-state index contributed by atoms with van der Waals surface area (Å²) >= 11 is 0. The van der Waals surface area contributed by atoms with Crippen molar-refractivity contribution in [3.05, 3.63) is 40.2 Å². The number of carboxylic acids is 1. The third-order valence-electron chi connectivity index (χ3n) is 4.66. The van der Waals surface area contributed by atoms with E-state index >= 15 is 0 Å². The lowest BCUT2D eigenvalue weighted by atomic mass is 10.1. The number of rotatable bonds is 10. The number of fused-ring (bicyclic) bond motifs is 1. The third-order valence-corrected chi connectivity index (χ3v) is 4.66. The standard InChI is InChI=1S/C22H25F2N3O7/c1-10(2)6-17(28)25-11(3)21(32)27-15(9-18(29)30)22(33)26-12-4-5-13-14(20(23)24)8-19(31)34-16(13)7-12/h4-5,7-8,10-11,15,20H,6,9H2,1-3H3,(H,25,28)(H,26,33)(H,27,32)(H,29,30). The van der Waals surface area contributed by atoms with Gasteiger partial charge in [0.25, 0.3) is 6.43 Å². The first kappa shape index (κ1) is 26.4. The monoisotopic (exact) mass is 481 g/mol. The zero-order chi connectivity index (χ0) is 25.6. The zero-order valence-corrected chi connectivity index (χ0v) is 18.7. The Balaban J connectivity index is 2.18. The zero-order valence-electron chi connectivity index (χ0n) is 18.7. The van der Waals surface area contributed by atoms with Crippen molar-refractivity contribution in [2.24, 2.45) is 5.92 Å². The minimum absolute atomic E-state index is 0.0231. The van der Waals surface area contributed by atoms with Gasteiger partial charge in [-0.15, -0.1) is 0 Å². The summed E-state index contributed by atoms with van der Waals surface area (Å²) in [5.74, 6) is -3.38. The van der Waals surface area contributed by atoms with Crippen molar-refractivity contribution >= 4 is 40.3 Å². The lowest BCUT2D eigenvalue weighted by Crippen LogP contribution is -2.52. The van der Waals surface area contributed by atoms with Gasteiger partial charge in [0, 0.05) is 35.2 Å². The van der Waals surface area contributed by atoms with Gasteiger partial charge in [0.15, 0.2) is 0 Å². The highest BCUT2D eigenvalue weighted by Gasteiger charge is 2.27. The van der Waals surface area contributed by atoms with E-state index in [1.54, 1.807) is 0 Å². The van der Waals surface area contributed by atoms with Gasteiger partial charge < -0.3 is 25.5 Å². The van der Waals surface area contributed by atoms with E-state index in [1.807, 2.05) is 13.8 Å². The average Bonchev–Trinajstić information content (AvgIpc) is 2.71. The molecule has 4 N–H and O–H groups in total. The summed E-state index contributed by atoms with van der Waals surface area (Å²) in [6, 6.07) is 1.75. The number of carboxylic acid groups (broad SMARTS) is 1. The second kappa shape index (κ2) is 11.3. The number of halogens is 2. The van der Waals surface area contributed by atoms with Crippen LogP contribution in [0.1, 0.15) is 45.6 Å². The predicted molar refractivity (Wildman–Crippen MR) is 117 cm³/mol. The van der Waals surface area contributed by atoms with Gasteiger partial charge in [-0.25, -0.2) is 13.6 Å². The number of hydrogen-bond acceptors (Lipinski definition) is 6. The molecule has 0 spiro atoms. The summed E-state index contributed by atoms with van der Waals surface area (Å²) < 4.78 is 31.3. The Labute approximate surface area is 192 Å². The molecule has 2 aromatic rings. The highest BCUT2D eigenvalue weighted by atomic mass is 19.3. The first-order chi connectivity index (χ1) is 15.9. The Morgan fingerprint density at radius 1 is 1.00 bits per heavy atom. The first-order valence-corrected chi connectivity index (χ1v) is 10.4. The maximum Gasteiger partial charge on any atom is 0.336 e. The maximum atomic E-state index is 13.2. The Morgan fingerprint density at radius 2 is 1.68 bits per heavy atom. The van der Waals surface area contributed by atoms with Crippen molar-refractivity contribution in [3.8, 4) is 0 Å². The predicted octanol–water partition coefficient (Wildman–Crippen LogP) is 2.18. The molecule has 34 heavy (non-hydrogen) atoms. The number of benzene rings is 1. The fourth-order valence-corrected chi connectivity index (χ4v) is 3.09. The van der Waals surface area contributed by atoms with Crippen molar-refractivity contribution < 1.29 is 37.5 Å². The number of alkyl halides is 2. The number of carbonyl (C=O) groups is 4. The van der Waals surface area contributed by atoms with Crippen LogP contribution < -0.4 is 21.6 Å². The van der Waals surface area contributed by atoms with Crippen LogP contribution in [0.4, 0.5) is 14.5 Å². The van der Waals surface area contributed by atoms with Crippen LogP contribution in [0.15, 0.2) is 33.5 Å². The minimum Gasteiger partial charge on any atom is -0.481 e. The van der Waals surface area contributed by atoms with E-state index in [4.69, 9.17) is 9.52 Å². The third kappa shape index (κ3) is 7.36. The number of anilines is 1. The SMILES string of the molecule is CC(C)CC(=O)NC(C)C(=O)NC(CC(=O)O)C(=O)Nc1ccc2c(C(F)F)cc(=O)oc2c1. The first-order valence-electron chi connectivity index (χ1n) is 10.4. The molecule has 0 aliphatic heterocycles. The van der Waals surface area contributed by atoms with Gasteiger partial charge in [-0.05, 0) is 25.0 Å². The second-order valence-electron chi connectivity index (χ2n) is 8.07. The Hall–Kier alpha value is -3.83. The summed E-state index contributed by atoms with van der Waals surface area (Å²) in [6.07, 6.45) is -3.50. The Morgan fingerprint density at radius 3 is 2.26 bits per heavy atom. The smallest absolute Gasteiger partial charge is 0.336 e. The quantitative estimate of drug-likeness (QED) is 0.379. The van der Waals surface area contributed by atoms with Crippen molar-refractivity contribution in [3.63, 3.8) is 0 Å². The van der Waals surface area contributed by atoms with Crippen LogP contribution in [0, 0.1) is 5.92 Å². The van der Waals surface area contributed by atoms with Crippen LogP contribution in [0.2, 0.25) is 0 Å². The fraction of sp³-hybridized carbons (Fsp3) is 0.409. The molecule has 2 atom stereocenters. The molecule has 2 rings (SSSR count).